The van der Waals surface area contributed by atoms with Gasteiger partial charge < -0.3 is 5.11 Å². The zero-order valence-corrected chi connectivity index (χ0v) is 14.5. The van der Waals surface area contributed by atoms with Gasteiger partial charge in [0.2, 0.25) is 0 Å². The molecule has 0 fully saturated rings. The largest absolute Gasteiger partial charge is 0.507 e. The standard InChI is InChI=1S/C15H24O.Ca/c1-10-8-11(14(2,3)4)13(16)12(9-10)15(5,6)7;/h8-9,16H,1-7H3;. The van der Waals surface area contributed by atoms with Crippen LogP contribution in [0.2, 0.25) is 0 Å². The van der Waals surface area contributed by atoms with E-state index in [-0.39, 0.29) is 48.6 Å². The second-order valence-corrected chi connectivity index (χ2v) is 6.71. The molecule has 0 aromatic heterocycles. The third kappa shape index (κ3) is 4.15. The maximum Gasteiger partial charge on any atom is 0.123 e. The normalized spacial score (nSPS) is 12.2. The molecule has 17 heavy (non-hydrogen) atoms. The molecule has 0 aliphatic heterocycles. The fourth-order valence-electron chi connectivity index (χ4n) is 1.92. The van der Waals surface area contributed by atoms with Gasteiger partial charge in [0.1, 0.15) is 5.75 Å². The van der Waals surface area contributed by atoms with E-state index < -0.39 is 0 Å². The molecule has 2 heteroatoms. The summed E-state index contributed by atoms with van der Waals surface area (Å²) in [5, 5.41) is 10.4. The first-order valence-corrected chi connectivity index (χ1v) is 5.88. The van der Waals surface area contributed by atoms with E-state index in [1.807, 2.05) is 0 Å². The predicted octanol–water partition coefficient (Wildman–Crippen LogP) is 3.91. The SMILES string of the molecule is Cc1cc(C(C)(C)C)c(O)c(C(C)(C)C)c1.[Ca]. The molecule has 1 nitrogen and oxygen atoms in total. The first kappa shape index (κ1) is 17.3. The first-order valence-electron chi connectivity index (χ1n) is 5.88. The van der Waals surface area contributed by atoms with Gasteiger partial charge in [-0.3, -0.25) is 0 Å². The van der Waals surface area contributed by atoms with E-state index in [1.165, 1.54) is 5.56 Å². The Labute approximate surface area is 136 Å². The van der Waals surface area contributed by atoms with Gasteiger partial charge in [-0.05, 0) is 28.9 Å². The quantitative estimate of drug-likeness (QED) is 0.701. The second-order valence-electron chi connectivity index (χ2n) is 6.71. The second kappa shape index (κ2) is 5.50. The molecule has 0 saturated heterocycles. The number of hydrogen-bond donors (Lipinski definition) is 1. The number of aromatic hydroxyl groups is 1. The molecule has 0 spiro atoms. The molecule has 1 rings (SSSR count). The zero-order valence-electron chi connectivity index (χ0n) is 12.3. The van der Waals surface area contributed by atoms with Crippen LogP contribution in [0.1, 0.15) is 58.2 Å². The summed E-state index contributed by atoms with van der Waals surface area (Å²) < 4.78 is 0. The Bertz CT molecular complexity index is 359. The van der Waals surface area contributed by atoms with Crippen LogP contribution in [0.25, 0.3) is 0 Å². The minimum absolute atomic E-state index is 0. The van der Waals surface area contributed by atoms with Gasteiger partial charge in [0, 0.05) is 37.7 Å². The summed E-state index contributed by atoms with van der Waals surface area (Å²) in [7, 11) is 0. The van der Waals surface area contributed by atoms with Gasteiger partial charge in [-0.25, -0.2) is 0 Å². The Morgan fingerprint density at radius 3 is 1.35 bits per heavy atom. The van der Waals surface area contributed by atoms with E-state index in [9.17, 15) is 5.11 Å². The molecule has 1 N–H and O–H groups in total. The van der Waals surface area contributed by atoms with E-state index >= 15 is 0 Å². The minimum Gasteiger partial charge on any atom is -0.507 e. The molecule has 2 radical (unpaired) electrons. The van der Waals surface area contributed by atoms with Gasteiger partial charge >= 0.3 is 0 Å². The van der Waals surface area contributed by atoms with Crippen molar-refractivity contribution < 1.29 is 5.11 Å². The minimum atomic E-state index is -0.0178. The van der Waals surface area contributed by atoms with Gasteiger partial charge in [-0.1, -0.05) is 59.2 Å². The Kier molecular flexibility index (Phi) is 5.59. The summed E-state index contributed by atoms with van der Waals surface area (Å²) in [4.78, 5) is 0. The van der Waals surface area contributed by atoms with Crippen molar-refractivity contribution in [3.63, 3.8) is 0 Å². The molecular weight excluding hydrogens is 236 g/mol. The molecule has 0 saturated carbocycles. The van der Waals surface area contributed by atoms with Gasteiger partial charge in [0.25, 0.3) is 0 Å². The Morgan fingerprint density at radius 2 is 1.12 bits per heavy atom. The van der Waals surface area contributed by atoms with Crippen molar-refractivity contribution in [3.8, 4) is 5.75 Å². The van der Waals surface area contributed by atoms with Crippen molar-refractivity contribution in [1.82, 2.24) is 0 Å². The first-order chi connectivity index (χ1) is 7.03. The van der Waals surface area contributed by atoms with E-state index in [0.29, 0.717) is 5.75 Å². The van der Waals surface area contributed by atoms with Crippen LogP contribution in [0.4, 0.5) is 0 Å². The monoisotopic (exact) mass is 260 g/mol. The van der Waals surface area contributed by atoms with Crippen LogP contribution < -0.4 is 0 Å². The molecule has 0 aliphatic carbocycles. The number of phenols is 1. The summed E-state index contributed by atoms with van der Waals surface area (Å²) in [6.45, 7) is 14.9. The van der Waals surface area contributed by atoms with Crippen LogP contribution in [-0.4, -0.2) is 42.8 Å². The molecule has 0 amide bonds. The number of benzene rings is 1. The molecule has 92 valence electrons. The number of hydrogen-bond acceptors (Lipinski definition) is 1. The number of phenolic OH excluding ortho intramolecular Hbond substituents is 1. The average Bonchev–Trinajstić information content (AvgIpc) is 2.04. The Hall–Kier alpha value is 0.280. The van der Waals surface area contributed by atoms with Crippen LogP contribution in [-0.2, 0) is 10.8 Å². The summed E-state index contributed by atoms with van der Waals surface area (Å²) in [5.74, 6) is 0.464. The van der Waals surface area contributed by atoms with Gasteiger partial charge in [0.15, 0.2) is 0 Å². The summed E-state index contributed by atoms with van der Waals surface area (Å²) in [5.41, 5.74) is 3.26. The fourth-order valence-corrected chi connectivity index (χ4v) is 1.92. The van der Waals surface area contributed by atoms with Crippen LogP contribution in [0.5, 0.6) is 5.75 Å². The summed E-state index contributed by atoms with van der Waals surface area (Å²) in [6, 6.07) is 4.18. The van der Waals surface area contributed by atoms with Crippen LogP contribution in [0.15, 0.2) is 12.1 Å². The van der Waals surface area contributed by atoms with Crippen molar-refractivity contribution in [3.05, 3.63) is 28.8 Å². The van der Waals surface area contributed by atoms with E-state index in [0.717, 1.165) is 11.1 Å². The zero-order chi connectivity index (χ0) is 12.7. The Balaban J connectivity index is 0.00000256. The smallest absolute Gasteiger partial charge is 0.123 e. The maximum absolute atomic E-state index is 10.4. The number of aryl methyl sites for hydroxylation is 1. The van der Waals surface area contributed by atoms with Crippen molar-refractivity contribution >= 4 is 37.7 Å². The molecule has 0 aliphatic rings. The van der Waals surface area contributed by atoms with E-state index in [2.05, 4.69) is 60.6 Å². The van der Waals surface area contributed by atoms with Gasteiger partial charge in [-0.2, -0.15) is 0 Å². The summed E-state index contributed by atoms with van der Waals surface area (Å²) >= 11 is 0. The summed E-state index contributed by atoms with van der Waals surface area (Å²) in [6.07, 6.45) is 0. The third-order valence-electron chi connectivity index (χ3n) is 2.87. The molecule has 1 aromatic carbocycles. The van der Waals surface area contributed by atoms with E-state index in [4.69, 9.17) is 0 Å². The van der Waals surface area contributed by atoms with E-state index in [1.54, 1.807) is 0 Å². The molecule has 1 aromatic rings. The third-order valence-corrected chi connectivity index (χ3v) is 2.87. The topological polar surface area (TPSA) is 20.2 Å². The van der Waals surface area contributed by atoms with Crippen LogP contribution in [0.3, 0.4) is 0 Å². The van der Waals surface area contributed by atoms with Crippen molar-refractivity contribution in [2.45, 2.75) is 59.3 Å². The number of rotatable bonds is 0. The predicted molar refractivity (Wildman–Crippen MR) is 76.0 cm³/mol. The fraction of sp³-hybridized carbons (Fsp3) is 0.600. The van der Waals surface area contributed by atoms with Gasteiger partial charge in [0.05, 0.1) is 0 Å². The molecular formula is C15H24CaO. The van der Waals surface area contributed by atoms with Crippen LogP contribution in [0, 0.1) is 6.92 Å². The molecule has 0 atom stereocenters. The van der Waals surface area contributed by atoms with Crippen molar-refractivity contribution in [2.75, 3.05) is 0 Å². The molecule has 0 bridgehead atoms. The maximum atomic E-state index is 10.4. The average molecular weight is 260 g/mol. The molecule has 0 unspecified atom stereocenters. The molecule has 0 heterocycles. The van der Waals surface area contributed by atoms with Crippen LogP contribution >= 0.6 is 0 Å². The van der Waals surface area contributed by atoms with Crippen molar-refractivity contribution in [1.29, 1.82) is 0 Å². The van der Waals surface area contributed by atoms with Crippen molar-refractivity contribution in [2.24, 2.45) is 0 Å². The van der Waals surface area contributed by atoms with Gasteiger partial charge in [-0.15, -0.1) is 0 Å². The Morgan fingerprint density at radius 1 is 0.824 bits per heavy atom.